The van der Waals surface area contributed by atoms with Gasteiger partial charge in [0.2, 0.25) is 0 Å². The second kappa shape index (κ2) is 5.15. The highest BCUT2D eigenvalue weighted by Gasteiger charge is 2.56. The minimum absolute atomic E-state index is 0.00650. The number of carboxylic acid groups (broad SMARTS) is 1. The third-order valence-corrected chi connectivity index (χ3v) is 5.48. The smallest absolute Gasteiger partial charge is 0.311 e. The van der Waals surface area contributed by atoms with Gasteiger partial charge in [0.1, 0.15) is 0 Å². The van der Waals surface area contributed by atoms with Crippen molar-refractivity contribution in [3.63, 3.8) is 0 Å². The fourth-order valence-electron chi connectivity index (χ4n) is 4.22. The van der Waals surface area contributed by atoms with Crippen LogP contribution in [0.1, 0.15) is 29.8 Å². The Balaban J connectivity index is 1.73. The number of aromatic amines is 1. The predicted molar refractivity (Wildman–Crippen MR) is 85.7 cm³/mol. The number of hydrogen-bond acceptors (Lipinski definition) is 4. The van der Waals surface area contributed by atoms with Gasteiger partial charge in [0.05, 0.1) is 10.8 Å². The number of carbonyl (C=O) groups excluding carboxylic acids is 1. The van der Waals surface area contributed by atoms with Gasteiger partial charge >= 0.3 is 5.97 Å². The van der Waals surface area contributed by atoms with Crippen LogP contribution in [0.25, 0.3) is 10.8 Å². The summed E-state index contributed by atoms with van der Waals surface area (Å²) in [6.07, 6.45) is 2.32. The quantitative estimate of drug-likeness (QED) is 0.864. The molecule has 1 amide bonds. The molecule has 2 aliphatic rings. The molecule has 24 heavy (non-hydrogen) atoms. The molecule has 4 rings (SSSR count). The lowest BCUT2D eigenvalue weighted by Crippen LogP contribution is -2.37. The second-order valence-corrected chi connectivity index (χ2v) is 6.68. The van der Waals surface area contributed by atoms with E-state index in [9.17, 15) is 19.5 Å². The molecule has 7 heteroatoms. The van der Waals surface area contributed by atoms with Gasteiger partial charge in [-0.05, 0) is 24.8 Å². The molecule has 1 aromatic heterocycles. The molecule has 1 aliphatic carbocycles. The van der Waals surface area contributed by atoms with Crippen LogP contribution in [-0.4, -0.2) is 45.2 Å². The number of aromatic nitrogens is 2. The molecule has 7 nitrogen and oxygen atoms in total. The van der Waals surface area contributed by atoms with E-state index in [-0.39, 0.29) is 29.6 Å². The molecule has 2 N–H and O–H groups in total. The fraction of sp³-hybridized carbons (Fsp3) is 0.412. The summed E-state index contributed by atoms with van der Waals surface area (Å²) < 4.78 is 0. The Labute approximate surface area is 137 Å². The molecule has 1 aliphatic heterocycles. The Kier molecular flexibility index (Phi) is 3.19. The molecule has 124 valence electrons. The zero-order chi connectivity index (χ0) is 16.9. The van der Waals surface area contributed by atoms with E-state index in [0.29, 0.717) is 23.7 Å². The molecule has 2 aromatic rings. The van der Waals surface area contributed by atoms with Gasteiger partial charge in [-0.2, -0.15) is 5.10 Å². The maximum atomic E-state index is 12.9. The van der Waals surface area contributed by atoms with E-state index < -0.39 is 11.4 Å². The third kappa shape index (κ3) is 1.97. The molecular weight excluding hydrogens is 310 g/mol. The van der Waals surface area contributed by atoms with Gasteiger partial charge in [0.25, 0.3) is 11.5 Å². The molecule has 0 bridgehead atoms. The molecule has 1 aromatic carbocycles. The van der Waals surface area contributed by atoms with Gasteiger partial charge in [-0.3, -0.25) is 14.4 Å². The number of likely N-dealkylation sites (tertiary alicyclic amines) is 1. The number of nitrogens with one attached hydrogen (secondary N) is 1. The van der Waals surface area contributed by atoms with Crippen LogP contribution in [0.15, 0.2) is 29.1 Å². The molecule has 2 heterocycles. The van der Waals surface area contributed by atoms with Crippen molar-refractivity contribution in [1.82, 2.24) is 15.1 Å². The minimum atomic E-state index is -0.826. The third-order valence-electron chi connectivity index (χ3n) is 5.48. The zero-order valence-electron chi connectivity index (χ0n) is 13.0. The number of benzene rings is 1. The van der Waals surface area contributed by atoms with Gasteiger partial charge in [-0.15, -0.1) is 0 Å². The zero-order valence-corrected chi connectivity index (χ0v) is 13.0. The van der Waals surface area contributed by atoms with Gasteiger partial charge in [0, 0.05) is 18.5 Å². The van der Waals surface area contributed by atoms with Crippen LogP contribution in [-0.2, 0) is 4.79 Å². The van der Waals surface area contributed by atoms with Gasteiger partial charge in [-0.25, -0.2) is 5.10 Å². The van der Waals surface area contributed by atoms with Gasteiger partial charge in [0.15, 0.2) is 5.69 Å². The summed E-state index contributed by atoms with van der Waals surface area (Å²) >= 11 is 0. The number of amides is 1. The van der Waals surface area contributed by atoms with E-state index in [1.54, 1.807) is 29.2 Å². The number of carbonyl (C=O) groups is 2. The van der Waals surface area contributed by atoms with Gasteiger partial charge < -0.3 is 10.0 Å². The number of fused-ring (bicyclic) bond motifs is 2. The van der Waals surface area contributed by atoms with Gasteiger partial charge in [-0.1, -0.05) is 24.6 Å². The molecule has 0 radical (unpaired) electrons. The summed E-state index contributed by atoms with van der Waals surface area (Å²) in [6, 6.07) is 6.81. The number of H-pyrrole nitrogens is 1. The van der Waals surface area contributed by atoms with Crippen LogP contribution in [0.2, 0.25) is 0 Å². The molecule has 0 spiro atoms. The van der Waals surface area contributed by atoms with E-state index in [0.717, 1.165) is 12.8 Å². The number of aliphatic carboxylic acids is 1. The molecule has 2 fully saturated rings. The summed E-state index contributed by atoms with van der Waals surface area (Å²) in [4.78, 5) is 38.1. The fourth-order valence-corrected chi connectivity index (χ4v) is 4.22. The second-order valence-electron chi connectivity index (χ2n) is 6.68. The van der Waals surface area contributed by atoms with Crippen molar-refractivity contribution in [2.24, 2.45) is 11.3 Å². The standard InChI is InChI=1S/C17H17N3O4/c21-14-12-6-2-1-5-11(12)13(18-19-14)15(22)20-8-10-4-3-7-17(10,9-20)16(23)24/h1-2,5-6,10H,3-4,7-9H2,(H,19,21)(H,23,24)/t10-,17+/m0/s1. The van der Waals surface area contributed by atoms with E-state index in [1.165, 1.54) is 0 Å². The first-order valence-electron chi connectivity index (χ1n) is 8.03. The first-order chi connectivity index (χ1) is 11.5. The van der Waals surface area contributed by atoms with Crippen LogP contribution in [0.3, 0.4) is 0 Å². The van der Waals surface area contributed by atoms with Crippen molar-refractivity contribution in [2.75, 3.05) is 13.1 Å². The van der Waals surface area contributed by atoms with Crippen molar-refractivity contribution in [3.05, 3.63) is 40.3 Å². The van der Waals surface area contributed by atoms with Crippen molar-refractivity contribution < 1.29 is 14.7 Å². The first kappa shape index (κ1) is 14.9. The van der Waals surface area contributed by atoms with E-state index >= 15 is 0 Å². The van der Waals surface area contributed by atoms with Crippen LogP contribution >= 0.6 is 0 Å². The average molecular weight is 327 g/mol. The Morgan fingerprint density at radius 1 is 1.29 bits per heavy atom. The van der Waals surface area contributed by atoms with Crippen LogP contribution in [0, 0.1) is 11.3 Å². The Hall–Kier alpha value is -2.70. The summed E-state index contributed by atoms with van der Waals surface area (Å²) in [7, 11) is 0. The molecule has 2 atom stereocenters. The number of nitrogens with zero attached hydrogens (tertiary/aromatic N) is 2. The first-order valence-corrected chi connectivity index (χ1v) is 8.03. The van der Waals surface area contributed by atoms with Crippen LogP contribution in [0.4, 0.5) is 0 Å². The summed E-state index contributed by atoms with van der Waals surface area (Å²) in [6.45, 7) is 0.640. The Bertz CT molecular complexity index is 906. The van der Waals surface area contributed by atoms with Crippen LogP contribution in [0.5, 0.6) is 0 Å². The maximum absolute atomic E-state index is 12.9. The number of carboxylic acids is 1. The highest BCUT2D eigenvalue weighted by atomic mass is 16.4. The lowest BCUT2D eigenvalue weighted by molar-refractivity contribution is -0.149. The maximum Gasteiger partial charge on any atom is 0.311 e. The van der Waals surface area contributed by atoms with E-state index in [2.05, 4.69) is 10.2 Å². The topological polar surface area (TPSA) is 103 Å². The lowest BCUT2D eigenvalue weighted by atomic mass is 9.81. The Morgan fingerprint density at radius 2 is 2.04 bits per heavy atom. The van der Waals surface area contributed by atoms with Crippen molar-refractivity contribution in [1.29, 1.82) is 0 Å². The number of hydrogen-bond donors (Lipinski definition) is 2. The van der Waals surface area contributed by atoms with E-state index in [4.69, 9.17) is 0 Å². The molecule has 0 unspecified atom stereocenters. The monoisotopic (exact) mass is 327 g/mol. The Morgan fingerprint density at radius 3 is 2.75 bits per heavy atom. The minimum Gasteiger partial charge on any atom is -0.481 e. The summed E-state index contributed by atoms with van der Waals surface area (Å²) in [5.41, 5.74) is -0.999. The molecule has 1 saturated carbocycles. The SMILES string of the molecule is O=C(c1n[nH]c(=O)c2ccccc12)N1C[C@@H]2CCC[C@@]2(C(=O)O)C1. The highest BCUT2D eigenvalue weighted by molar-refractivity contribution is 6.05. The molecular formula is C17H17N3O4. The lowest BCUT2D eigenvalue weighted by Gasteiger charge is -2.23. The predicted octanol–water partition coefficient (Wildman–Crippen LogP) is 1.25. The normalized spacial score (nSPS) is 25.8. The van der Waals surface area contributed by atoms with E-state index in [1.807, 2.05) is 0 Å². The van der Waals surface area contributed by atoms with Crippen molar-refractivity contribution in [3.8, 4) is 0 Å². The van der Waals surface area contributed by atoms with Crippen LogP contribution < -0.4 is 5.56 Å². The highest BCUT2D eigenvalue weighted by Crippen LogP contribution is 2.49. The number of rotatable bonds is 2. The summed E-state index contributed by atoms with van der Waals surface area (Å²) in [5, 5.41) is 16.8. The van der Waals surface area contributed by atoms with Crippen molar-refractivity contribution >= 4 is 22.6 Å². The largest absolute Gasteiger partial charge is 0.481 e. The van der Waals surface area contributed by atoms with Crippen molar-refractivity contribution in [2.45, 2.75) is 19.3 Å². The average Bonchev–Trinajstić information content (AvgIpc) is 3.13. The summed E-state index contributed by atoms with van der Waals surface area (Å²) in [5.74, 6) is -1.15. The molecule has 1 saturated heterocycles.